The highest BCUT2D eigenvalue weighted by Gasteiger charge is 2.13. The van der Waals surface area contributed by atoms with Crippen molar-refractivity contribution in [1.29, 1.82) is 0 Å². The van der Waals surface area contributed by atoms with Gasteiger partial charge in [0, 0.05) is 18.2 Å². The van der Waals surface area contributed by atoms with Crippen LogP contribution in [0.25, 0.3) is 5.69 Å². The molecule has 2 rings (SSSR count). The second kappa shape index (κ2) is 6.29. The highest BCUT2D eigenvalue weighted by Crippen LogP contribution is 2.15. The predicted octanol–water partition coefficient (Wildman–Crippen LogP) is 1.58. The summed E-state index contributed by atoms with van der Waals surface area (Å²) in [5, 5.41) is 10.4. The molecule has 1 atom stereocenters. The normalized spacial score (nSPS) is 12.4. The van der Waals surface area contributed by atoms with E-state index < -0.39 is 0 Å². The quantitative estimate of drug-likeness (QED) is 0.866. The first kappa shape index (κ1) is 14.2. The third-order valence-electron chi connectivity index (χ3n) is 3.12. The lowest BCUT2D eigenvalue weighted by molar-refractivity contribution is -0.116. The molecular formula is C14H19N5O. The Bertz CT molecular complexity index is 565. The van der Waals surface area contributed by atoms with E-state index in [4.69, 9.17) is 5.73 Å². The molecule has 0 saturated carbocycles. The molecule has 0 aliphatic heterocycles. The van der Waals surface area contributed by atoms with Gasteiger partial charge in [-0.25, -0.2) is 0 Å². The smallest absolute Gasteiger partial charge is 0.225 e. The van der Waals surface area contributed by atoms with Crippen molar-refractivity contribution in [2.45, 2.75) is 26.3 Å². The molecule has 3 N–H and O–H groups in total. The molecule has 1 heterocycles. The lowest BCUT2D eigenvalue weighted by Gasteiger charge is -2.15. The van der Waals surface area contributed by atoms with Gasteiger partial charge in [0.2, 0.25) is 5.91 Å². The zero-order valence-corrected chi connectivity index (χ0v) is 11.7. The van der Waals surface area contributed by atoms with Gasteiger partial charge in [0.1, 0.15) is 12.7 Å². The Labute approximate surface area is 118 Å². The molecule has 1 amide bonds. The summed E-state index contributed by atoms with van der Waals surface area (Å²) >= 11 is 0. The van der Waals surface area contributed by atoms with Crippen molar-refractivity contribution in [1.82, 2.24) is 14.8 Å². The van der Waals surface area contributed by atoms with Crippen LogP contribution >= 0.6 is 0 Å². The SMILES string of the molecule is CC(C)C(N)CC(=O)Nc1cccc(-n2cnnc2)c1. The highest BCUT2D eigenvalue weighted by molar-refractivity contribution is 5.91. The molecule has 6 nitrogen and oxygen atoms in total. The fourth-order valence-corrected chi connectivity index (χ4v) is 1.74. The van der Waals surface area contributed by atoms with Gasteiger partial charge in [-0.15, -0.1) is 10.2 Å². The van der Waals surface area contributed by atoms with Crippen LogP contribution in [0, 0.1) is 5.92 Å². The molecule has 1 unspecified atom stereocenters. The van der Waals surface area contributed by atoms with E-state index in [2.05, 4.69) is 15.5 Å². The molecule has 6 heteroatoms. The highest BCUT2D eigenvalue weighted by atomic mass is 16.1. The lowest BCUT2D eigenvalue weighted by Crippen LogP contribution is -2.31. The molecule has 0 fully saturated rings. The monoisotopic (exact) mass is 273 g/mol. The van der Waals surface area contributed by atoms with Gasteiger partial charge in [0.15, 0.2) is 0 Å². The number of carbonyl (C=O) groups excluding carboxylic acids is 1. The van der Waals surface area contributed by atoms with Gasteiger partial charge in [0.05, 0.1) is 5.69 Å². The number of benzene rings is 1. The fourth-order valence-electron chi connectivity index (χ4n) is 1.74. The molecule has 0 bridgehead atoms. The summed E-state index contributed by atoms with van der Waals surface area (Å²) in [5.74, 6) is 0.205. The molecule has 0 radical (unpaired) electrons. The van der Waals surface area contributed by atoms with Gasteiger partial charge >= 0.3 is 0 Å². The molecule has 106 valence electrons. The van der Waals surface area contributed by atoms with E-state index in [0.29, 0.717) is 6.42 Å². The first-order valence-corrected chi connectivity index (χ1v) is 6.57. The third kappa shape index (κ3) is 3.64. The molecule has 2 aromatic rings. The average Bonchev–Trinajstić information content (AvgIpc) is 2.92. The van der Waals surface area contributed by atoms with Gasteiger partial charge < -0.3 is 11.1 Å². The van der Waals surface area contributed by atoms with E-state index >= 15 is 0 Å². The molecule has 0 aliphatic carbocycles. The molecule has 1 aromatic carbocycles. The number of hydrogen-bond donors (Lipinski definition) is 2. The topological polar surface area (TPSA) is 85.8 Å². The van der Waals surface area contributed by atoms with Crippen molar-refractivity contribution in [3.05, 3.63) is 36.9 Å². The molecule has 0 saturated heterocycles. The van der Waals surface area contributed by atoms with E-state index in [9.17, 15) is 4.79 Å². The Hall–Kier alpha value is -2.21. The van der Waals surface area contributed by atoms with Crippen LogP contribution in [-0.4, -0.2) is 26.7 Å². The summed E-state index contributed by atoms with van der Waals surface area (Å²) in [7, 11) is 0. The molecule has 0 spiro atoms. The van der Waals surface area contributed by atoms with Gasteiger partial charge in [0.25, 0.3) is 0 Å². The van der Waals surface area contributed by atoms with Crippen LogP contribution in [0.3, 0.4) is 0 Å². The van der Waals surface area contributed by atoms with E-state index in [0.717, 1.165) is 11.4 Å². The second-order valence-electron chi connectivity index (χ2n) is 5.08. The number of rotatable bonds is 5. The minimum atomic E-state index is -0.129. The van der Waals surface area contributed by atoms with Crippen LogP contribution in [0.1, 0.15) is 20.3 Å². The van der Waals surface area contributed by atoms with Crippen molar-refractivity contribution in [2.75, 3.05) is 5.32 Å². The van der Waals surface area contributed by atoms with Gasteiger partial charge in [-0.2, -0.15) is 0 Å². The number of hydrogen-bond acceptors (Lipinski definition) is 4. The second-order valence-corrected chi connectivity index (χ2v) is 5.08. The molecule has 0 aliphatic rings. The predicted molar refractivity (Wildman–Crippen MR) is 77.4 cm³/mol. The zero-order valence-electron chi connectivity index (χ0n) is 11.7. The van der Waals surface area contributed by atoms with Gasteiger partial charge in [-0.3, -0.25) is 9.36 Å². The number of nitrogens with zero attached hydrogens (tertiary/aromatic N) is 3. The number of carbonyl (C=O) groups is 1. The minimum Gasteiger partial charge on any atom is -0.327 e. The summed E-state index contributed by atoms with van der Waals surface area (Å²) in [6.07, 6.45) is 3.53. The summed E-state index contributed by atoms with van der Waals surface area (Å²) in [6.45, 7) is 4.01. The summed E-state index contributed by atoms with van der Waals surface area (Å²) in [4.78, 5) is 11.9. The van der Waals surface area contributed by atoms with E-state index in [1.54, 1.807) is 17.2 Å². The maximum Gasteiger partial charge on any atom is 0.225 e. The summed E-state index contributed by atoms with van der Waals surface area (Å²) in [5.41, 5.74) is 7.52. The Morgan fingerprint density at radius 2 is 2.05 bits per heavy atom. The van der Waals surface area contributed by atoms with Crippen molar-refractivity contribution >= 4 is 11.6 Å². The molecule has 1 aromatic heterocycles. The minimum absolute atomic E-state index is 0.0768. The standard InChI is InChI=1S/C14H19N5O/c1-10(2)13(15)7-14(20)18-11-4-3-5-12(6-11)19-8-16-17-9-19/h3-6,8-10,13H,7,15H2,1-2H3,(H,18,20). The summed E-state index contributed by atoms with van der Waals surface area (Å²) in [6, 6.07) is 7.36. The Morgan fingerprint density at radius 1 is 1.35 bits per heavy atom. The van der Waals surface area contributed by atoms with Crippen molar-refractivity contribution in [3.63, 3.8) is 0 Å². The van der Waals surface area contributed by atoms with E-state index in [1.165, 1.54) is 0 Å². The largest absolute Gasteiger partial charge is 0.327 e. The van der Waals surface area contributed by atoms with E-state index in [-0.39, 0.29) is 17.9 Å². The lowest BCUT2D eigenvalue weighted by atomic mass is 10.0. The van der Waals surface area contributed by atoms with E-state index in [1.807, 2.05) is 38.1 Å². The number of anilines is 1. The molecule has 20 heavy (non-hydrogen) atoms. The summed E-state index contributed by atoms with van der Waals surface area (Å²) < 4.78 is 1.77. The number of aromatic nitrogens is 3. The van der Waals surface area contributed by atoms with Crippen LogP contribution in [0.15, 0.2) is 36.9 Å². The van der Waals surface area contributed by atoms with Crippen LogP contribution in [0.4, 0.5) is 5.69 Å². The van der Waals surface area contributed by atoms with Crippen LogP contribution in [-0.2, 0) is 4.79 Å². The third-order valence-corrected chi connectivity index (χ3v) is 3.12. The number of nitrogens with two attached hydrogens (primary N) is 1. The Morgan fingerprint density at radius 3 is 2.70 bits per heavy atom. The van der Waals surface area contributed by atoms with Crippen LogP contribution < -0.4 is 11.1 Å². The molecular weight excluding hydrogens is 254 g/mol. The fraction of sp³-hybridized carbons (Fsp3) is 0.357. The van der Waals surface area contributed by atoms with Crippen LogP contribution in [0.5, 0.6) is 0 Å². The Balaban J connectivity index is 2.03. The first-order valence-electron chi connectivity index (χ1n) is 6.57. The Kier molecular flexibility index (Phi) is 4.47. The maximum atomic E-state index is 11.9. The van der Waals surface area contributed by atoms with Crippen molar-refractivity contribution < 1.29 is 4.79 Å². The number of amides is 1. The van der Waals surface area contributed by atoms with Crippen LogP contribution in [0.2, 0.25) is 0 Å². The number of nitrogens with one attached hydrogen (secondary N) is 1. The first-order chi connectivity index (χ1) is 9.56. The van der Waals surface area contributed by atoms with Gasteiger partial charge in [-0.05, 0) is 24.1 Å². The van der Waals surface area contributed by atoms with Crippen molar-refractivity contribution in [2.24, 2.45) is 11.7 Å². The average molecular weight is 273 g/mol. The zero-order chi connectivity index (χ0) is 14.5. The van der Waals surface area contributed by atoms with Gasteiger partial charge in [-0.1, -0.05) is 19.9 Å². The van der Waals surface area contributed by atoms with Crippen molar-refractivity contribution in [3.8, 4) is 5.69 Å². The maximum absolute atomic E-state index is 11.9.